The van der Waals surface area contributed by atoms with Gasteiger partial charge >= 0.3 is 5.25 Å². The molecule has 2 nitrogen and oxygen atoms in total. The van der Waals surface area contributed by atoms with Gasteiger partial charge in [0.05, 0.1) is 0 Å². The summed E-state index contributed by atoms with van der Waals surface area (Å²) in [6.07, 6.45) is 0. The molecule has 0 spiro atoms. The second-order valence-corrected chi connectivity index (χ2v) is 3.17. The Morgan fingerprint density at radius 1 is 1.18 bits per heavy atom. The zero-order chi connectivity index (χ0) is 7.90. The number of hydrogen-bond acceptors (Lipinski definition) is 2. The van der Waals surface area contributed by atoms with Gasteiger partial charge in [-0.1, -0.05) is 12.1 Å². The number of alkyl halides is 1. The highest BCUT2D eigenvalue weighted by Gasteiger charge is 2.33. The van der Waals surface area contributed by atoms with Crippen molar-refractivity contribution in [2.45, 2.75) is 12.2 Å². The molecule has 3 heteroatoms. The van der Waals surface area contributed by atoms with E-state index in [9.17, 15) is 0 Å². The number of rotatable bonds is 0. The van der Waals surface area contributed by atoms with Crippen LogP contribution in [-0.4, -0.2) is 5.25 Å². The number of ether oxygens (including phenoxy) is 2. The lowest BCUT2D eigenvalue weighted by Crippen LogP contribution is -2.26. The maximum atomic E-state index is 5.79. The Labute approximate surface area is 69.7 Å². The van der Waals surface area contributed by atoms with E-state index in [0.717, 1.165) is 0 Å². The van der Waals surface area contributed by atoms with Gasteiger partial charge in [-0.05, 0) is 23.7 Å². The molecular weight excluding hydrogens is 164 g/mol. The van der Waals surface area contributed by atoms with Gasteiger partial charge in [-0.15, -0.1) is 0 Å². The van der Waals surface area contributed by atoms with Crippen molar-refractivity contribution in [3.8, 4) is 11.5 Å². The molecule has 0 unspecified atom stereocenters. The van der Waals surface area contributed by atoms with E-state index in [1.54, 1.807) is 6.92 Å². The maximum Gasteiger partial charge on any atom is 0.329 e. The highest BCUT2D eigenvalue weighted by atomic mass is 35.5. The lowest BCUT2D eigenvalue weighted by Gasteiger charge is -2.12. The summed E-state index contributed by atoms with van der Waals surface area (Å²) in [4.78, 5) is 0. The average molecular weight is 171 g/mol. The topological polar surface area (TPSA) is 18.5 Å². The Kier molecular flexibility index (Phi) is 1.26. The molecule has 2 rings (SSSR count). The summed E-state index contributed by atoms with van der Waals surface area (Å²) < 4.78 is 10.5. The molecule has 1 aromatic rings. The monoisotopic (exact) mass is 170 g/mol. The van der Waals surface area contributed by atoms with E-state index in [0.29, 0.717) is 11.5 Å². The van der Waals surface area contributed by atoms with Gasteiger partial charge in [0.2, 0.25) is 0 Å². The largest absolute Gasteiger partial charge is 0.436 e. The minimum Gasteiger partial charge on any atom is -0.436 e. The third-order valence-corrected chi connectivity index (χ3v) is 1.59. The van der Waals surface area contributed by atoms with Crippen LogP contribution in [0, 0.1) is 0 Å². The van der Waals surface area contributed by atoms with E-state index in [4.69, 9.17) is 21.1 Å². The Bertz CT molecular complexity index is 256. The molecule has 1 aliphatic heterocycles. The van der Waals surface area contributed by atoms with Gasteiger partial charge in [-0.2, -0.15) is 0 Å². The number of halogens is 1. The molecule has 1 aromatic carbocycles. The van der Waals surface area contributed by atoms with Gasteiger partial charge in [0.25, 0.3) is 0 Å². The van der Waals surface area contributed by atoms with Crippen molar-refractivity contribution in [1.29, 1.82) is 0 Å². The summed E-state index contributed by atoms with van der Waals surface area (Å²) in [6, 6.07) is 7.40. The third kappa shape index (κ3) is 1.14. The molecule has 0 atom stereocenters. The molecule has 11 heavy (non-hydrogen) atoms. The van der Waals surface area contributed by atoms with Gasteiger partial charge < -0.3 is 9.47 Å². The highest BCUT2D eigenvalue weighted by molar-refractivity contribution is 6.22. The molecule has 0 aromatic heterocycles. The fourth-order valence-electron chi connectivity index (χ4n) is 1.03. The van der Waals surface area contributed by atoms with Crippen LogP contribution in [0.4, 0.5) is 0 Å². The van der Waals surface area contributed by atoms with Crippen molar-refractivity contribution in [1.82, 2.24) is 0 Å². The molecule has 0 bridgehead atoms. The number of benzene rings is 1. The van der Waals surface area contributed by atoms with Crippen molar-refractivity contribution in [2.24, 2.45) is 0 Å². The van der Waals surface area contributed by atoms with Crippen LogP contribution in [0.3, 0.4) is 0 Å². The standard InChI is InChI=1S/C8H7ClO2/c1-8(9)10-6-4-2-3-5-7(6)11-8/h2-5H,1H3. The molecule has 1 aliphatic rings. The minimum atomic E-state index is -1.02. The zero-order valence-corrected chi connectivity index (χ0v) is 6.76. The highest BCUT2D eigenvalue weighted by Crippen LogP contribution is 2.40. The first-order valence-electron chi connectivity index (χ1n) is 3.33. The van der Waals surface area contributed by atoms with Gasteiger partial charge in [0.1, 0.15) is 0 Å². The second-order valence-electron chi connectivity index (χ2n) is 2.49. The summed E-state index contributed by atoms with van der Waals surface area (Å²) in [5, 5.41) is -1.02. The SMILES string of the molecule is CC1(Cl)Oc2ccccc2O1. The van der Waals surface area contributed by atoms with Crippen molar-refractivity contribution in [3.05, 3.63) is 24.3 Å². The smallest absolute Gasteiger partial charge is 0.329 e. The van der Waals surface area contributed by atoms with Crippen LogP contribution in [0.5, 0.6) is 11.5 Å². The van der Waals surface area contributed by atoms with Crippen LogP contribution in [0.2, 0.25) is 0 Å². The summed E-state index contributed by atoms with van der Waals surface area (Å²) in [6.45, 7) is 1.66. The first-order valence-corrected chi connectivity index (χ1v) is 3.71. The molecule has 0 aliphatic carbocycles. The van der Waals surface area contributed by atoms with Crippen molar-refractivity contribution >= 4 is 11.6 Å². The first-order chi connectivity index (χ1) is 5.17. The number of fused-ring (bicyclic) bond motifs is 1. The normalized spacial score (nSPS) is 18.4. The summed E-state index contributed by atoms with van der Waals surface area (Å²) in [5.41, 5.74) is 0. The van der Waals surface area contributed by atoms with Crippen LogP contribution in [0.1, 0.15) is 6.92 Å². The molecule has 1 heterocycles. The Hall–Kier alpha value is -0.890. The van der Waals surface area contributed by atoms with Gasteiger partial charge in [0.15, 0.2) is 11.5 Å². The van der Waals surface area contributed by atoms with E-state index in [1.165, 1.54) is 0 Å². The summed E-state index contributed by atoms with van der Waals surface area (Å²) in [5.74, 6) is 1.40. The van der Waals surface area contributed by atoms with E-state index in [-0.39, 0.29) is 0 Å². The predicted octanol–water partition coefficient (Wildman–Crippen LogP) is 2.37. The lowest BCUT2D eigenvalue weighted by molar-refractivity contribution is 0.0218. The van der Waals surface area contributed by atoms with E-state index in [1.807, 2.05) is 24.3 Å². The van der Waals surface area contributed by atoms with Gasteiger partial charge in [-0.25, -0.2) is 0 Å². The average Bonchev–Trinajstić information content (AvgIpc) is 2.21. The quantitative estimate of drug-likeness (QED) is 0.557. The Morgan fingerprint density at radius 2 is 1.64 bits per heavy atom. The van der Waals surface area contributed by atoms with Crippen LogP contribution in [-0.2, 0) is 0 Å². The molecule has 0 saturated heterocycles. The Balaban J connectivity index is 2.41. The number of hydrogen-bond donors (Lipinski definition) is 0. The fourth-order valence-corrected chi connectivity index (χ4v) is 1.20. The van der Waals surface area contributed by atoms with E-state index < -0.39 is 5.25 Å². The molecule has 58 valence electrons. The molecule has 0 radical (unpaired) electrons. The zero-order valence-electron chi connectivity index (χ0n) is 6.00. The van der Waals surface area contributed by atoms with Gasteiger partial charge in [0, 0.05) is 6.92 Å². The predicted molar refractivity (Wildman–Crippen MR) is 42.0 cm³/mol. The van der Waals surface area contributed by atoms with Crippen LogP contribution < -0.4 is 9.47 Å². The fraction of sp³-hybridized carbons (Fsp3) is 0.250. The van der Waals surface area contributed by atoms with Crippen molar-refractivity contribution < 1.29 is 9.47 Å². The third-order valence-electron chi connectivity index (χ3n) is 1.43. The van der Waals surface area contributed by atoms with Crippen LogP contribution in [0.25, 0.3) is 0 Å². The Morgan fingerprint density at radius 3 is 2.09 bits per heavy atom. The molecule has 0 fully saturated rings. The lowest BCUT2D eigenvalue weighted by atomic mass is 10.3. The molecule has 0 amide bonds. The summed E-state index contributed by atoms with van der Waals surface area (Å²) >= 11 is 5.79. The maximum absolute atomic E-state index is 5.79. The minimum absolute atomic E-state index is 0.699. The molecule has 0 N–H and O–H groups in total. The van der Waals surface area contributed by atoms with Crippen molar-refractivity contribution in [2.75, 3.05) is 0 Å². The van der Waals surface area contributed by atoms with E-state index in [2.05, 4.69) is 0 Å². The van der Waals surface area contributed by atoms with E-state index >= 15 is 0 Å². The van der Waals surface area contributed by atoms with Crippen LogP contribution in [0.15, 0.2) is 24.3 Å². The first kappa shape index (κ1) is 6.80. The second kappa shape index (κ2) is 2.05. The number of para-hydroxylation sites is 2. The van der Waals surface area contributed by atoms with Gasteiger partial charge in [-0.3, -0.25) is 0 Å². The van der Waals surface area contributed by atoms with Crippen molar-refractivity contribution in [3.63, 3.8) is 0 Å². The summed E-state index contributed by atoms with van der Waals surface area (Å²) in [7, 11) is 0. The van der Waals surface area contributed by atoms with Crippen LogP contribution >= 0.6 is 11.6 Å². The molecule has 0 saturated carbocycles. The molecular formula is C8H7ClO2.